The van der Waals surface area contributed by atoms with Gasteiger partial charge in [0.15, 0.2) is 0 Å². The molecule has 6 nitrogen and oxygen atoms in total. The number of aliphatic hydroxyl groups excluding tert-OH is 1. The zero-order valence-corrected chi connectivity index (χ0v) is 12.8. The third-order valence-electron chi connectivity index (χ3n) is 2.97. The van der Waals surface area contributed by atoms with E-state index in [0.717, 1.165) is 10.6 Å². The maximum atomic E-state index is 12.0. The molecular weight excluding hydrogens is 288 g/mol. The fourth-order valence-corrected chi connectivity index (χ4v) is 2.39. The largest absolute Gasteiger partial charge is 0.387 e. The number of nitrogens with zero attached hydrogens (tertiary/aromatic N) is 3. The number of amides is 1. The highest BCUT2D eigenvalue weighted by molar-refractivity contribution is 7.98. The summed E-state index contributed by atoms with van der Waals surface area (Å²) < 4.78 is 1.42. The molecule has 21 heavy (non-hydrogen) atoms. The Morgan fingerprint density at radius 2 is 2.24 bits per heavy atom. The minimum absolute atomic E-state index is 0.0617. The first-order valence-electron chi connectivity index (χ1n) is 6.65. The van der Waals surface area contributed by atoms with Crippen molar-refractivity contribution < 1.29 is 9.90 Å². The van der Waals surface area contributed by atoms with Crippen LogP contribution in [0, 0.1) is 0 Å². The number of hydrogen-bond acceptors (Lipinski definition) is 5. The van der Waals surface area contributed by atoms with Gasteiger partial charge in [-0.2, -0.15) is 0 Å². The van der Waals surface area contributed by atoms with E-state index in [9.17, 15) is 9.90 Å². The first-order chi connectivity index (χ1) is 10.1. The number of nitrogens with one attached hydrogen (secondary N) is 1. The first kappa shape index (κ1) is 15.5. The summed E-state index contributed by atoms with van der Waals surface area (Å²) in [6.45, 7) is 1.92. The molecule has 0 saturated heterocycles. The molecule has 112 valence electrons. The Balaban J connectivity index is 2.00. The Bertz CT molecular complexity index is 615. The Hall–Kier alpha value is -1.86. The summed E-state index contributed by atoms with van der Waals surface area (Å²) in [6.07, 6.45) is 3.47. The van der Waals surface area contributed by atoms with Crippen molar-refractivity contribution >= 4 is 23.4 Å². The molecule has 0 bridgehead atoms. The van der Waals surface area contributed by atoms with E-state index in [1.165, 1.54) is 4.68 Å². The Morgan fingerprint density at radius 3 is 2.95 bits per heavy atom. The molecule has 2 N–H and O–H groups in total. The predicted molar refractivity (Wildman–Crippen MR) is 82.1 cm³/mol. The summed E-state index contributed by atoms with van der Waals surface area (Å²) in [4.78, 5) is 13.0. The Labute approximate surface area is 127 Å². The minimum Gasteiger partial charge on any atom is -0.387 e. The molecule has 1 amide bonds. The van der Waals surface area contributed by atoms with Gasteiger partial charge in [0.25, 0.3) is 0 Å². The van der Waals surface area contributed by atoms with Gasteiger partial charge in [-0.25, -0.2) is 4.68 Å². The maximum Gasteiger partial charge on any atom is 0.246 e. The molecule has 2 rings (SSSR count). The molecule has 2 aromatic rings. The van der Waals surface area contributed by atoms with Crippen molar-refractivity contribution in [3.63, 3.8) is 0 Å². The van der Waals surface area contributed by atoms with Crippen LogP contribution in [0.2, 0.25) is 0 Å². The van der Waals surface area contributed by atoms with Crippen molar-refractivity contribution in [1.82, 2.24) is 15.0 Å². The van der Waals surface area contributed by atoms with Crippen LogP contribution in [0.25, 0.3) is 0 Å². The van der Waals surface area contributed by atoms with E-state index in [1.54, 1.807) is 18.0 Å². The van der Waals surface area contributed by atoms with Gasteiger partial charge in [-0.3, -0.25) is 4.79 Å². The van der Waals surface area contributed by atoms with Crippen molar-refractivity contribution in [2.24, 2.45) is 0 Å². The first-order valence-corrected chi connectivity index (χ1v) is 7.87. The number of hydrogen-bond donors (Lipinski definition) is 2. The third-order valence-corrected chi connectivity index (χ3v) is 3.77. The molecule has 1 heterocycles. The normalized spacial score (nSPS) is 12.1. The number of thioether (sulfide) groups is 1. The summed E-state index contributed by atoms with van der Waals surface area (Å²) in [5.41, 5.74) is 1.26. The standard InChI is InChI=1S/C14H18N4O2S/c1-3-12(19)11-8-18(17-16-11)9-14(20)15-10-6-4-5-7-13(10)21-2/h4-8,12,19H,3,9H2,1-2H3,(H,15,20). The molecular formula is C14H18N4O2S. The highest BCUT2D eigenvalue weighted by Crippen LogP contribution is 2.24. The molecule has 0 aliphatic carbocycles. The van der Waals surface area contributed by atoms with Crippen LogP contribution in [0.4, 0.5) is 5.69 Å². The van der Waals surface area contributed by atoms with Gasteiger partial charge in [-0.1, -0.05) is 24.3 Å². The lowest BCUT2D eigenvalue weighted by molar-refractivity contribution is -0.116. The summed E-state index contributed by atoms with van der Waals surface area (Å²) in [5, 5.41) is 20.2. The van der Waals surface area contributed by atoms with Crippen LogP contribution < -0.4 is 5.32 Å². The predicted octanol–water partition coefficient (Wildman–Crippen LogP) is 2.08. The lowest BCUT2D eigenvalue weighted by atomic mass is 10.2. The fraction of sp³-hybridized carbons (Fsp3) is 0.357. The summed E-state index contributed by atoms with van der Waals surface area (Å²) >= 11 is 1.57. The summed E-state index contributed by atoms with van der Waals surface area (Å²) in [6, 6.07) is 7.61. The van der Waals surface area contributed by atoms with Crippen molar-refractivity contribution in [3.8, 4) is 0 Å². The van der Waals surface area contributed by atoms with Gasteiger partial charge < -0.3 is 10.4 Å². The van der Waals surface area contributed by atoms with Crippen LogP contribution >= 0.6 is 11.8 Å². The summed E-state index contributed by atoms with van der Waals surface area (Å²) in [5.74, 6) is -0.182. The van der Waals surface area contributed by atoms with Gasteiger partial charge in [0, 0.05) is 4.90 Å². The van der Waals surface area contributed by atoms with Crippen LogP contribution in [0.1, 0.15) is 25.1 Å². The van der Waals surface area contributed by atoms with Crippen molar-refractivity contribution in [1.29, 1.82) is 0 Å². The minimum atomic E-state index is -0.640. The Morgan fingerprint density at radius 1 is 1.48 bits per heavy atom. The van der Waals surface area contributed by atoms with Gasteiger partial charge in [0.05, 0.1) is 18.0 Å². The SMILES string of the molecule is CCC(O)c1cn(CC(=O)Nc2ccccc2SC)nn1. The molecule has 7 heteroatoms. The number of aromatic nitrogens is 3. The molecule has 1 aromatic carbocycles. The van der Waals surface area contributed by atoms with E-state index in [1.807, 2.05) is 37.4 Å². The van der Waals surface area contributed by atoms with Gasteiger partial charge in [-0.15, -0.1) is 16.9 Å². The van der Waals surface area contributed by atoms with Gasteiger partial charge in [0.1, 0.15) is 12.2 Å². The molecule has 1 aromatic heterocycles. The number of rotatable bonds is 6. The van der Waals surface area contributed by atoms with Crippen LogP contribution in [-0.4, -0.2) is 32.3 Å². The lowest BCUT2D eigenvalue weighted by Crippen LogP contribution is -2.19. The van der Waals surface area contributed by atoms with Crippen molar-refractivity contribution in [2.45, 2.75) is 30.9 Å². The average Bonchev–Trinajstić information content (AvgIpc) is 2.95. The molecule has 0 radical (unpaired) electrons. The zero-order valence-electron chi connectivity index (χ0n) is 12.0. The third kappa shape index (κ3) is 4.05. The average molecular weight is 306 g/mol. The number of carbonyl (C=O) groups excluding carboxylic acids is 1. The van der Waals surface area contributed by atoms with Crippen LogP contribution in [-0.2, 0) is 11.3 Å². The fourth-order valence-electron chi connectivity index (χ4n) is 1.84. The van der Waals surface area contributed by atoms with E-state index in [-0.39, 0.29) is 12.5 Å². The van der Waals surface area contributed by atoms with E-state index in [0.29, 0.717) is 12.1 Å². The smallest absolute Gasteiger partial charge is 0.246 e. The van der Waals surface area contributed by atoms with E-state index < -0.39 is 6.10 Å². The lowest BCUT2D eigenvalue weighted by Gasteiger charge is -2.08. The maximum absolute atomic E-state index is 12.0. The van der Waals surface area contributed by atoms with Gasteiger partial charge in [-0.05, 0) is 24.8 Å². The van der Waals surface area contributed by atoms with Crippen molar-refractivity contribution in [3.05, 3.63) is 36.2 Å². The zero-order chi connectivity index (χ0) is 15.2. The topological polar surface area (TPSA) is 80.0 Å². The number of para-hydroxylation sites is 1. The van der Waals surface area contributed by atoms with Gasteiger partial charge >= 0.3 is 0 Å². The second kappa shape index (κ2) is 7.24. The summed E-state index contributed by atoms with van der Waals surface area (Å²) in [7, 11) is 0. The van der Waals surface area contributed by atoms with E-state index in [4.69, 9.17) is 0 Å². The molecule has 1 unspecified atom stereocenters. The number of carbonyl (C=O) groups is 1. The van der Waals surface area contributed by atoms with Crippen LogP contribution in [0.5, 0.6) is 0 Å². The van der Waals surface area contributed by atoms with Crippen molar-refractivity contribution in [2.75, 3.05) is 11.6 Å². The molecule has 0 aliphatic rings. The van der Waals surface area contributed by atoms with Gasteiger partial charge in [0.2, 0.25) is 5.91 Å². The van der Waals surface area contributed by atoms with Crippen LogP contribution in [0.15, 0.2) is 35.4 Å². The highest BCUT2D eigenvalue weighted by Gasteiger charge is 2.12. The molecule has 0 aliphatic heterocycles. The number of anilines is 1. The molecule has 1 atom stereocenters. The molecule has 0 saturated carbocycles. The second-order valence-corrected chi connectivity index (χ2v) is 5.36. The van der Waals surface area contributed by atoms with E-state index >= 15 is 0 Å². The molecule has 0 fully saturated rings. The quantitative estimate of drug-likeness (QED) is 0.799. The number of aliphatic hydroxyl groups is 1. The van der Waals surface area contributed by atoms with E-state index in [2.05, 4.69) is 15.6 Å². The monoisotopic (exact) mass is 306 g/mol. The van der Waals surface area contributed by atoms with Crippen LogP contribution in [0.3, 0.4) is 0 Å². The second-order valence-electron chi connectivity index (χ2n) is 4.51. The highest BCUT2D eigenvalue weighted by atomic mass is 32.2. The number of benzene rings is 1. The molecule has 0 spiro atoms. The Kier molecular flexibility index (Phi) is 5.35.